The van der Waals surface area contributed by atoms with Crippen molar-refractivity contribution in [1.29, 1.82) is 0 Å². The van der Waals surface area contributed by atoms with Crippen LogP contribution in [0.3, 0.4) is 0 Å². The Morgan fingerprint density at radius 2 is 2.12 bits per heavy atom. The van der Waals surface area contributed by atoms with Crippen LogP contribution < -0.4 is 5.32 Å². The average Bonchev–Trinajstić information content (AvgIpc) is 2.96. The molecule has 0 aromatic carbocycles. The lowest BCUT2D eigenvalue weighted by Crippen LogP contribution is -2.30. The molecule has 0 bridgehead atoms. The molecule has 0 saturated heterocycles. The molecule has 1 aromatic heterocycles. The van der Waals surface area contributed by atoms with Crippen LogP contribution in [0.4, 0.5) is 5.13 Å². The fraction of sp³-hybridized carbons (Fsp3) is 0.833. The number of rotatable bonds is 5. The van der Waals surface area contributed by atoms with E-state index in [1.165, 1.54) is 24.4 Å². The van der Waals surface area contributed by atoms with Crippen molar-refractivity contribution in [3.63, 3.8) is 0 Å². The van der Waals surface area contributed by atoms with Crippen molar-refractivity contribution < 1.29 is 5.11 Å². The van der Waals surface area contributed by atoms with Gasteiger partial charge in [-0.15, -0.1) is 0 Å². The van der Waals surface area contributed by atoms with Gasteiger partial charge in [-0.1, -0.05) is 26.7 Å². The zero-order valence-corrected chi connectivity index (χ0v) is 11.4. The molecule has 96 valence electrons. The smallest absolute Gasteiger partial charge is 0.202 e. The number of aliphatic hydroxyl groups is 1. The van der Waals surface area contributed by atoms with Gasteiger partial charge in [0.1, 0.15) is 5.82 Å². The van der Waals surface area contributed by atoms with Crippen LogP contribution in [0.25, 0.3) is 0 Å². The number of anilines is 1. The molecule has 0 aliphatic heterocycles. The van der Waals surface area contributed by atoms with Gasteiger partial charge in [-0.05, 0) is 12.8 Å². The number of hydrogen-bond acceptors (Lipinski definition) is 5. The maximum Gasteiger partial charge on any atom is 0.202 e. The van der Waals surface area contributed by atoms with Gasteiger partial charge in [0.05, 0.1) is 6.61 Å². The summed E-state index contributed by atoms with van der Waals surface area (Å²) >= 11 is 1.42. The van der Waals surface area contributed by atoms with E-state index in [9.17, 15) is 5.11 Å². The first-order valence-electron chi connectivity index (χ1n) is 6.33. The summed E-state index contributed by atoms with van der Waals surface area (Å²) < 4.78 is 4.32. The van der Waals surface area contributed by atoms with Crippen molar-refractivity contribution in [3.05, 3.63) is 5.82 Å². The molecule has 0 radical (unpaired) electrons. The third kappa shape index (κ3) is 2.96. The Hall–Kier alpha value is -0.680. The minimum absolute atomic E-state index is 0.0731. The second-order valence-electron chi connectivity index (χ2n) is 5.33. The molecule has 4 nitrogen and oxygen atoms in total. The van der Waals surface area contributed by atoms with Gasteiger partial charge in [-0.2, -0.15) is 4.37 Å². The highest BCUT2D eigenvalue weighted by molar-refractivity contribution is 7.09. The quantitative estimate of drug-likeness (QED) is 0.849. The summed E-state index contributed by atoms with van der Waals surface area (Å²) in [7, 11) is 0. The molecule has 1 heterocycles. The fourth-order valence-electron chi connectivity index (χ4n) is 2.32. The molecule has 0 amide bonds. The minimum Gasteiger partial charge on any atom is -0.396 e. The van der Waals surface area contributed by atoms with Crippen LogP contribution in [0, 0.1) is 5.41 Å². The molecule has 5 heteroatoms. The van der Waals surface area contributed by atoms with E-state index in [0.717, 1.165) is 30.3 Å². The molecule has 0 unspecified atom stereocenters. The second kappa shape index (κ2) is 5.31. The van der Waals surface area contributed by atoms with Crippen molar-refractivity contribution in [2.45, 2.75) is 45.4 Å². The van der Waals surface area contributed by atoms with Gasteiger partial charge in [0, 0.05) is 29.4 Å². The van der Waals surface area contributed by atoms with E-state index in [4.69, 9.17) is 0 Å². The first kappa shape index (κ1) is 12.8. The standard InChI is InChI=1S/C12H21N3OS/c1-9(2)10-14-11(17-15-10)13-7-12(8-16)5-3-4-6-12/h9,16H,3-8H2,1-2H3,(H,13,14,15). The Bertz CT molecular complexity index is 358. The van der Waals surface area contributed by atoms with E-state index in [1.807, 2.05) is 0 Å². The zero-order chi connectivity index (χ0) is 12.3. The molecule has 17 heavy (non-hydrogen) atoms. The first-order valence-corrected chi connectivity index (χ1v) is 7.11. The molecule has 1 aliphatic rings. The van der Waals surface area contributed by atoms with E-state index in [0.29, 0.717) is 5.92 Å². The Morgan fingerprint density at radius 3 is 2.65 bits per heavy atom. The summed E-state index contributed by atoms with van der Waals surface area (Å²) in [6, 6.07) is 0. The molecule has 1 saturated carbocycles. The molecule has 1 aromatic rings. The Labute approximate surface area is 107 Å². The summed E-state index contributed by atoms with van der Waals surface area (Å²) in [5, 5.41) is 13.7. The summed E-state index contributed by atoms with van der Waals surface area (Å²) in [6.45, 7) is 5.28. The van der Waals surface area contributed by atoms with Gasteiger partial charge in [0.2, 0.25) is 5.13 Å². The van der Waals surface area contributed by atoms with Crippen LogP contribution in [0.15, 0.2) is 0 Å². The second-order valence-corrected chi connectivity index (χ2v) is 6.08. The summed E-state index contributed by atoms with van der Waals surface area (Å²) in [5.41, 5.74) is 0.0731. The van der Waals surface area contributed by atoms with Crippen LogP contribution in [-0.4, -0.2) is 27.6 Å². The van der Waals surface area contributed by atoms with Gasteiger partial charge >= 0.3 is 0 Å². The lowest BCUT2D eigenvalue weighted by Gasteiger charge is -2.26. The van der Waals surface area contributed by atoms with Crippen molar-refractivity contribution >= 4 is 16.7 Å². The monoisotopic (exact) mass is 255 g/mol. The first-order chi connectivity index (χ1) is 8.15. The van der Waals surface area contributed by atoms with Crippen molar-refractivity contribution in [3.8, 4) is 0 Å². The third-order valence-corrected chi connectivity index (χ3v) is 4.26. The van der Waals surface area contributed by atoms with E-state index < -0.39 is 0 Å². The maximum absolute atomic E-state index is 9.52. The molecule has 0 atom stereocenters. The number of aromatic nitrogens is 2. The summed E-state index contributed by atoms with van der Waals surface area (Å²) in [6.07, 6.45) is 4.70. The lowest BCUT2D eigenvalue weighted by molar-refractivity contribution is 0.142. The molecular weight excluding hydrogens is 234 g/mol. The highest BCUT2D eigenvalue weighted by Crippen LogP contribution is 2.37. The largest absolute Gasteiger partial charge is 0.396 e. The number of nitrogens with zero attached hydrogens (tertiary/aromatic N) is 2. The fourth-order valence-corrected chi connectivity index (χ4v) is 3.02. The SMILES string of the molecule is CC(C)c1nsc(NCC2(CO)CCCC2)n1. The van der Waals surface area contributed by atoms with Gasteiger partial charge in [0.15, 0.2) is 0 Å². The van der Waals surface area contributed by atoms with Crippen molar-refractivity contribution in [2.24, 2.45) is 5.41 Å². The van der Waals surface area contributed by atoms with Gasteiger partial charge in [-0.3, -0.25) is 0 Å². The van der Waals surface area contributed by atoms with Crippen LogP contribution >= 0.6 is 11.5 Å². The predicted octanol–water partition coefficient (Wildman–Crippen LogP) is 2.63. The van der Waals surface area contributed by atoms with Crippen molar-refractivity contribution in [2.75, 3.05) is 18.5 Å². The van der Waals surface area contributed by atoms with Crippen molar-refractivity contribution in [1.82, 2.24) is 9.36 Å². The van der Waals surface area contributed by atoms with E-state index in [1.54, 1.807) is 0 Å². The number of aliphatic hydroxyl groups excluding tert-OH is 1. The molecule has 1 aliphatic carbocycles. The average molecular weight is 255 g/mol. The highest BCUT2D eigenvalue weighted by Gasteiger charge is 2.33. The van der Waals surface area contributed by atoms with Crippen LogP contribution in [-0.2, 0) is 0 Å². The zero-order valence-electron chi connectivity index (χ0n) is 10.6. The number of nitrogens with one attached hydrogen (secondary N) is 1. The summed E-state index contributed by atoms with van der Waals surface area (Å²) in [5.74, 6) is 1.28. The van der Waals surface area contributed by atoms with E-state index in [2.05, 4.69) is 28.5 Å². The molecular formula is C12H21N3OS. The lowest BCUT2D eigenvalue weighted by atomic mass is 9.87. The van der Waals surface area contributed by atoms with Crippen LogP contribution in [0.5, 0.6) is 0 Å². The molecule has 2 rings (SSSR count). The highest BCUT2D eigenvalue weighted by atomic mass is 32.1. The number of hydrogen-bond donors (Lipinski definition) is 2. The minimum atomic E-state index is 0.0731. The van der Waals surface area contributed by atoms with Crippen LogP contribution in [0.1, 0.15) is 51.3 Å². The van der Waals surface area contributed by atoms with Gasteiger partial charge in [-0.25, -0.2) is 4.98 Å². The molecule has 0 spiro atoms. The van der Waals surface area contributed by atoms with E-state index in [-0.39, 0.29) is 12.0 Å². The Kier molecular flexibility index (Phi) is 3.99. The maximum atomic E-state index is 9.52. The topological polar surface area (TPSA) is 58.0 Å². The van der Waals surface area contributed by atoms with Gasteiger partial charge < -0.3 is 10.4 Å². The predicted molar refractivity (Wildman–Crippen MR) is 70.5 cm³/mol. The Morgan fingerprint density at radius 1 is 1.41 bits per heavy atom. The normalized spacial score (nSPS) is 18.8. The van der Waals surface area contributed by atoms with E-state index >= 15 is 0 Å². The van der Waals surface area contributed by atoms with Gasteiger partial charge in [0.25, 0.3) is 0 Å². The summed E-state index contributed by atoms with van der Waals surface area (Å²) in [4.78, 5) is 4.45. The molecule has 2 N–H and O–H groups in total. The van der Waals surface area contributed by atoms with Crippen LogP contribution in [0.2, 0.25) is 0 Å². The third-order valence-electron chi connectivity index (χ3n) is 3.57. The molecule has 1 fully saturated rings. The Balaban J connectivity index is 1.92.